The van der Waals surface area contributed by atoms with E-state index in [4.69, 9.17) is 0 Å². The number of thiazole rings is 1. The second-order valence-electron chi connectivity index (χ2n) is 4.04. The number of fused-ring (bicyclic) bond motifs is 2. The Morgan fingerprint density at radius 1 is 1.47 bits per heavy atom. The van der Waals surface area contributed by atoms with Gasteiger partial charge in [-0.3, -0.25) is 0 Å². The molecule has 0 amide bonds. The molecule has 4 heteroatoms. The van der Waals surface area contributed by atoms with E-state index in [9.17, 15) is 0 Å². The highest BCUT2D eigenvalue weighted by Crippen LogP contribution is 2.52. The standard InChI is InChI=1S/C11H12N2S2/c1-6(2)11-13(3)9-8(15-11)4-7-10(9)14-5-12-7/h5H,4H2,1-3H3. The first kappa shape index (κ1) is 9.48. The van der Waals surface area contributed by atoms with Gasteiger partial charge in [-0.05, 0) is 19.4 Å². The second-order valence-corrected chi connectivity index (χ2v) is 5.98. The second kappa shape index (κ2) is 3.12. The van der Waals surface area contributed by atoms with Crippen LogP contribution in [-0.2, 0) is 6.42 Å². The summed E-state index contributed by atoms with van der Waals surface area (Å²) in [7, 11) is 2.16. The molecule has 3 rings (SSSR count). The molecule has 1 aromatic rings. The summed E-state index contributed by atoms with van der Waals surface area (Å²) in [6, 6.07) is 0. The van der Waals surface area contributed by atoms with Crippen molar-refractivity contribution in [2.75, 3.05) is 7.05 Å². The summed E-state index contributed by atoms with van der Waals surface area (Å²) in [6.45, 7) is 4.35. The maximum Gasteiger partial charge on any atom is 0.0802 e. The average Bonchev–Trinajstić information content (AvgIpc) is 2.76. The van der Waals surface area contributed by atoms with Crippen LogP contribution in [0.3, 0.4) is 0 Å². The number of thioether (sulfide) groups is 1. The van der Waals surface area contributed by atoms with Crippen molar-refractivity contribution in [3.8, 4) is 0 Å². The van der Waals surface area contributed by atoms with Crippen molar-refractivity contribution in [1.82, 2.24) is 9.88 Å². The predicted molar refractivity (Wildman–Crippen MR) is 66.5 cm³/mol. The Hall–Kier alpha value is -0.740. The van der Waals surface area contributed by atoms with Gasteiger partial charge < -0.3 is 4.90 Å². The maximum atomic E-state index is 4.40. The summed E-state index contributed by atoms with van der Waals surface area (Å²) < 4.78 is 0. The SMILES string of the molecule is CC(C)=C1SC2=C(c3scnc3C2)N1C. The molecule has 1 aromatic heterocycles. The molecule has 0 bridgehead atoms. The molecule has 0 saturated carbocycles. The van der Waals surface area contributed by atoms with Crippen molar-refractivity contribution in [1.29, 1.82) is 0 Å². The van der Waals surface area contributed by atoms with Crippen LogP contribution in [0.2, 0.25) is 0 Å². The molecular weight excluding hydrogens is 224 g/mol. The van der Waals surface area contributed by atoms with Gasteiger partial charge in [-0.25, -0.2) is 4.98 Å². The molecule has 78 valence electrons. The van der Waals surface area contributed by atoms with Gasteiger partial charge in [0.25, 0.3) is 0 Å². The van der Waals surface area contributed by atoms with Crippen molar-refractivity contribution in [3.05, 3.63) is 31.6 Å². The van der Waals surface area contributed by atoms with E-state index in [0.717, 1.165) is 6.42 Å². The van der Waals surface area contributed by atoms with Crippen LogP contribution in [0.5, 0.6) is 0 Å². The molecule has 0 spiro atoms. The molecule has 2 nitrogen and oxygen atoms in total. The third-order valence-electron chi connectivity index (χ3n) is 2.74. The fourth-order valence-corrected chi connectivity index (χ4v) is 4.29. The summed E-state index contributed by atoms with van der Waals surface area (Å²) in [5.74, 6) is 0. The van der Waals surface area contributed by atoms with Gasteiger partial charge >= 0.3 is 0 Å². The minimum Gasteiger partial charge on any atom is -0.337 e. The minimum atomic E-state index is 1.03. The molecule has 1 aliphatic carbocycles. The predicted octanol–water partition coefficient (Wildman–Crippen LogP) is 3.30. The lowest BCUT2D eigenvalue weighted by Crippen LogP contribution is -2.10. The topological polar surface area (TPSA) is 16.1 Å². The van der Waals surface area contributed by atoms with Gasteiger partial charge in [0, 0.05) is 18.4 Å². The molecule has 0 aromatic carbocycles. The highest BCUT2D eigenvalue weighted by atomic mass is 32.2. The highest BCUT2D eigenvalue weighted by molar-refractivity contribution is 8.07. The maximum absolute atomic E-state index is 4.40. The van der Waals surface area contributed by atoms with Gasteiger partial charge in [0.2, 0.25) is 0 Å². The van der Waals surface area contributed by atoms with Gasteiger partial charge in [0.1, 0.15) is 0 Å². The zero-order chi connectivity index (χ0) is 10.6. The lowest BCUT2D eigenvalue weighted by atomic mass is 10.3. The van der Waals surface area contributed by atoms with Crippen molar-refractivity contribution in [2.24, 2.45) is 0 Å². The van der Waals surface area contributed by atoms with E-state index in [1.54, 1.807) is 11.3 Å². The third-order valence-corrected chi connectivity index (χ3v) is 5.07. The van der Waals surface area contributed by atoms with Gasteiger partial charge in [-0.2, -0.15) is 0 Å². The van der Waals surface area contributed by atoms with E-state index in [1.807, 2.05) is 17.3 Å². The van der Waals surface area contributed by atoms with Crippen LogP contribution in [0.1, 0.15) is 24.4 Å². The number of rotatable bonds is 0. The van der Waals surface area contributed by atoms with Crippen LogP contribution in [0.15, 0.2) is 21.0 Å². The lowest BCUT2D eigenvalue weighted by Gasteiger charge is -2.17. The van der Waals surface area contributed by atoms with Crippen molar-refractivity contribution >= 4 is 28.8 Å². The van der Waals surface area contributed by atoms with Crippen LogP contribution in [0.25, 0.3) is 5.70 Å². The molecule has 0 unspecified atom stereocenters. The zero-order valence-electron chi connectivity index (χ0n) is 9.00. The molecule has 2 aliphatic rings. The summed E-state index contributed by atoms with van der Waals surface area (Å²) in [6.07, 6.45) is 1.03. The average molecular weight is 236 g/mol. The monoisotopic (exact) mass is 236 g/mol. The summed E-state index contributed by atoms with van der Waals surface area (Å²) >= 11 is 3.67. The number of aromatic nitrogens is 1. The minimum absolute atomic E-state index is 1.03. The lowest BCUT2D eigenvalue weighted by molar-refractivity contribution is 0.642. The smallest absolute Gasteiger partial charge is 0.0802 e. The number of nitrogens with zero attached hydrogens (tertiary/aromatic N) is 2. The van der Waals surface area contributed by atoms with Crippen LogP contribution in [0, 0.1) is 0 Å². The first-order valence-corrected chi connectivity index (χ1v) is 6.63. The Morgan fingerprint density at radius 3 is 3.00 bits per heavy atom. The fraction of sp³-hybridized carbons (Fsp3) is 0.364. The molecule has 15 heavy (non-hydrogen) atoms. The molecule has 0 N–H and O–H groups in total. The Morgan fingerprint density at radius 2 is 2.27 bits per heavy atom. The quantitative estimate of drug-likeness (QED) is 0.687. The van der Waals surface area contributed by atoms with Gasteiger partial charge in [-0.15, -0.1) is 11.3 Å². The number of allylic oxidation sites excluding steroid dienone is 2. The van der Waals surface area contributed by atoms with Gasteiger partial charge in [0.05, 0.1) is 26.8 Å². The van der Waals surface area contributed by atoms with Crippen LogP contribution in [-0.4, -0.2) is 16.9 Å². The first-order valence-electron chi connectivity index (χ1n) is 4.93. The fourth-order valence-electron chi connectivity index (χ4n) is 2.10. The first-order chi connectivity index (χ1) is 7.18. The Bertz CT molecular complexity index is 492. The third kappa shape index (κ3) is 1.21. The van der Waals surface area contributed by atoms with E-state index < -0.39 is 0 Å². The van der Waals surface area contributed by atoms with Gasteiger partial charge in [0.15, 0.2) is 0 Å². The number of hydrogen-bond acceptors (Lipinski definition) is 4. The molecule has 1 aliphatic heterocycles. The van der Waals surface area contributed by atoms with Gasteiger partial charge in [-0.1, -0.05) is 11.8 Å². The highest BCUT2D eigenvalue weighted by Gasteiger charge is 2.34. The molecule has 0 radical (unpaired) electrons. The molecular formula is C11H12N2S2. The largest absolute Gasteiger partial charge is 0.337 e. The van der Waals surface area contributed by atoms with Crippen LogP contribution >= 0.6 is 23.1 Å². The van der Waals surface area contributed by atoms with Crippen molar-refractivity contribution < 1.29 is 0 Å². The van der Waals surface area contributed by atoms with E-state index in [2.05, 4.69) is 30.8 Å². The Labute approximate surface area is 97.7 Å². The molecule has 0 atom stereocenters. The normalized spacial score (nSPS) is 18.6. The summed E-state index contributed by atoms with van der Waals surface area (Å²) in [5.41, 5.74) is 6.00. The van der Waals surface area contributed by atoms with E-state index >= 15 is 0 Å². The summed E-state index contributed by atoms with van der Waals surface area (Å²) in [4.78, 5) is 9.57. The summed E-state index contributed by atoms with van der Waals surface area (Å²) in [5, 5.41) is 1.39. The van der Waals surface area contributed by atoms with Crippen molar-refractivity contribution in [3.63, 3.8) is 0 Å². The Balaban J connectivity index is 2.09. The number of hydrogen-bond donors (Lipinski definition) is 0. The van der Waals surface area contributed by atoms with Crippen LogP contribution in [0.4, 0.5) is 0 Å². The molecule has 0 fully saturated rings. The van der Waals surface area contributed by atoms with E-state index in [1.165, 1.54) is 31.8 Å². The molecule has 0 saturated heterocycles. The zero-order valence-corrected chi connectivity index (χ0v) is 10.6. The van der Waals surface area contributed by atoms with Crippen LogP contribution < -0.4 is 0 Å². The molecule has 2 heterocycles. The van der Waals surface area contributed by atoms with E-state index in [-0.39, 0.29) is 0 Å². The van der Waals surface area contributed by atoms with Crippen molar-refractivity contribution in [2.45, 2.75) is 20.3 Å². The Kier molecular flexibility index (Phi) is 1.97. The van der Waals surface area contributed by atoms with E-state index in [0.29, 0.717) is 0 Å².